The second kappa shape index (κ2) is 24.9. The van der Waals surface area contributed by atoms with E-state index in [-0.39, 0.29) is 77.1 Å². The molecule has 3 amide bonds. The minimum atomic E-state index is -4.30. The van der Waals surface area contributed by atoms with Crippen molar-refractivity contribution in [3.05, 3.63) is 93.2 Å². The zero-order chi connectivity index (χ0) is 59.7. The van der Waals surface area contributed by atoms with E-state index in [1.165, 1.54) is 27.9 Å². The molecule has 83 heavy (non-hydrogen) atoms. The number of aromatic amines is 2. The Labute approximate surface area is 473 Å². The molecule has 0 bridgehead atoms. The van der Waals surface area contributed by atoms with E-state index in [1.54, 1.807) is 42.2 Å². The van der Waals surface area contributed by atoms with E-state index in [1.807, 2.05) is 13.8 Å². The van der Waals surface area contributed by atoms with Crippen LogP contribution in [0.5, 0.6) is 0 Å². The van der Waals surface area contributed by atoms with Crippen LogP contribution in [0.2, 0.25) is 0 Å². The van der Waals surface area contributed by atoms with Gasteiger partial charge >= 0.3 is 21.3 Å². The summed E-state index contributed by atoms with van der Waals surface area (Å²) in [5.41, 5.74) is 11.7. The Morgan fingerprint density at radius 3 is 1.98 bits per heavy atom. The number of rotatable bonds is 19. The van der Waals surface area contributed by atoms with Crippen molar-refractivity contribution in [3.8, 4) is 0 Å². The predicted molar refractivity (Wildman–Crippen MR) is 294 cm³/mol. The second-order valence-corrected chi connectivity index (χ2v) is 25.1. The van der Waals surface area contributed by atoms with Gasteiger partial charge in [-0.2, -0.15) is 9.97 Å². The summed E-state index contributed by atoms with van der Waals surface area (Å²) in [7, 11) is -8.53. The molecule has 0 saturated carbocycles. The highest BCUT2D eigenvalue weighted by atomic mass is 31.2. The highest BCUT2D eigenvalue weighted by molar-refractivity contribution is 7.53. The topological polar surface area (TPSA) is 411 Å². The number of fused-ring (bicyclic) bond motifs is 4. The second-order valence-electron chi connectivity index (χ2n) is 21.1. The van der Waals surface area contributed by atoms with Gasteiger partial charge < -0.3 is 59.9 Å². The summed E-state index contributed by atoms with van der Waals surface area (Å²) in [6.07, 6.45) is -3.24. The number of amides is 3. The van der Waals surface area contributed by atoms with Gasteiger partial charge in [0.2, 0.25) is 17.8 Å². The van der Waals surface area contributed by atoms with Crippen LogP contribution in [0.4, 0.5) is 16.7 Å². The fraction of sp³-hybridized carbons (Fsp3) is 0.510. The van der Waals surface area contributed by atoms with Gasteiger partial charge in [-0.05, 0) is 42.9 Å². The molecule has 1 aromatic carbocycles. The normalized spacial score (nSPS) is 27.2. The van der Waals surface area contributed by atoms with Crippen LogP contribution >= 0.6 is 15.2 Å². The van der Waals surface area contributed by atoms with Crippen molar-refractivity contribution in [2.75, 3.05) is 44.6 Å². The molecule has 9 rings (SSSR count). The smallest absolute Gasteiger partial charge is 0.407 e. The van der Waals surface area contributed by atoms with E-state index in [4.69, 9.17) is 43.8 Å². The number of H-pyrrole nitrogens is 2. The van der Waals surface area contributed by atoms with Crippen molar-refractivity contribution in [1.82, 2.24) is 54.6 Å². The van der Waals surface area contributed by atoms with E-state index in [9.17, 15) is 47.8 Å². The van der Waals surface area contributed by atoms with Crippen molar-refractivity contribution in [1.29, 1.82) is 0 Å². The van der Waals surface area contributed by atoms with Crippen LogP contribution in [0.25, 0.3) is 22.3 Å². The van der Waals surface area contributed by atoms with Gasteiger partial charge in [-0.15, -0.1) is 0 Å². The van der Waals surface area contributed by atoms with Gasteiger partial charge in [0.05, 0.1) is 31.9 Å². The summed E-state index contributed by atoms with van der Waals surface area (Å²) in [6, 6.07) is 4.32. The van der Waals surface area contributed by atoms with Crippen molar-refractivity contribution in [2.45, 2.75) is 121 Å². The van der Waals surface area contributed by atoms with Gasteiger partial charge in [0, 0.05) is 56.8 Å². The molecule has 0 aliphatic carbocycles. The number of aromatic nitrogens is 8. The number of hydrogen-bond acceptors (Lipinski definition) is 23. The van der Waals surface area contributed by atoms with E-state index >= 15 is 0 Å². The fourth-order valence-corrected chi connectivity index (χ4v) is 12.5. The number of nitrogens with zero attached hydrogens (tertiary/aromatic N) is 7. The molecule has 3 saturated heterocycles. The molecule has 32 heteroatoms. The van der Waals surface area contributed by atoms with Crippen molar-refractivity contribution < 1.29 is 70.5 Å². The van der Waals surface area contributed by atoms with E-state index in [0.717, 1.165) is 19.8 Å². The quantitative estimate of drug-likeness (QED) is 0.0461. The first-order chi connectivity index (χ1) is 39.3. The Bertz CT molecular complexity index is 3550. The lowest BCUT2D eigenvalue weighted by Crippen LogP contribution is -2.48. The molecule has 0 spiro atoms. The number of Topliss-reactive ketones (excluding diaryl/α,β-unsaturated/α-hetero) is 2. The SMILES string of the molecule is C=C1C=CC(=O)N1CCCCCC(=O)C[C@H](C(=O)N[C@@H](C)C(=O)Cc1ccc(COC(=O)NC2[C@H]3OP(C)(=O)OC[C@H]4O[C@@H](n5cnc6c(=O)[nH]c(N)nc65)C(O)[C@H]4OP(C)(=O)OC[C@H]3O[C@H]2n2cnc3c(=O)[nH]c(N)nc32)cc1)C(C)C. The Kier molecular flexibility index (Phi) is 18.1. The molecule has 9 N–H and O–H groups in total. The standard InChI is InChI=1S/C51H65N13O17P2/c1-25(2)31(19-30(65)10-8-7-9-17-62-26(3)11-16-35(62)67)44(69)56-27(4)32(66)18-28-12-14-29(15-13-28)20-75-51(72)57-36-40-33(78-47(36)63-23-54-37-42(63)58-49(52)60-45(37)70)21-76-83(6,74)81-41-34(22-77-82(5,73)80-40)79-48(39(41)68)64-24-55-38-43(64)59-50(53)61-46(38)71/h11-16,23-25,27,31,33-34,36,39-41,47-48,68H,3,7-10,17-22H2,1-2,4-6H3,(H,56,69)(H,57,72)(H3,52,58,60,70)(H3,53,59,61,71)/t27-,31-,33+,34+,36?,39?,40-,41-,47+,48+,82?,83?/m0/s1. The Morgan fingerprint density at radius 1 is 0.819 bits per heavy atom. The number of ether oxygens (including phenoxy) is 3. The summed E-state index contributed by atoms with van der Waals surface area (Å²) >= 11 is 0. The average molecular weight is 1190 g/mol. The van der Waals surface area contributed by atoms with Crippen LogP contribution in [0.3, 0.4) is 0 Å². The first-order valence-corrected chi connectivity index (χ1v) is 30.6. The summed E-state index contributed by atoms with van der Waals surface area (Å²) in [4.78, 5) is 114. The summed E-state index contributed by atoms with van der Waals surface area (Å²) in [5.74, 6) is -2.20. The molecule has 4 aliphatic rings. The van der Waals surface area contributed by atoms with Gasteiger partial charge in [0.25, 0.3) is 17.0 Å². The molecule has 446 valence electrons. The Balaban J connectivity index is 0.835. The number of carbonyl (C=O) groups is 5. The number of aliphatic hydroxyl groups is 1. The molecule has 30 nitrogen and oxygen atoms in total. The molecule has 8 heterocycles. The number of imidazole rings is 2. The minimum absolute atomic E-state index is 0.0305. The first kappa shape index (κ1) is 60.3. The van der Waals surface area contributed by atoms with Crippen LogP contribution in [0, 0.1) is 11.8 Å². The minimum Gasteiger partial charge on any atom is -0.445 e. The van der Waals surface area contributed by atoms with Crippen LogP contribution < -0.4 is 33.2 Å². The lowest BCUT2D eigenvalue weighted by molar-refractivity contribution is -0.133. The molecular formula is C51H65N13O17P2. The summed E-state index contributed by atoms with van der Waals surface area (Å²) in [6.45, 7) is 10.4. The van der Waals surface area contributed by atoms with E-state index in [0.29, 0.717) is 42.6 Å². The zero-order valence-corrected chi connectivity index (χ0v) is 47.7. The van der Waals surface area contributed by atoms with Crippen molar-refractivity contribution in [3.63, 3.8) is 0 Å². The third kappa shape index (κ3) is 13.9. The van der Waals surface area contributed by atoms with E-state index < -0.39 is 113 Å². The lowest BCUT2D eigenvalue weighted by Gasteiger charge is -2.30. The molecule has 4 aromatic heterocycles. The lowest BCUT2D eigenvalue weighted by atomic mass is 9.88. The van der Waals surface area contributed by atoms with Crippen LogP contribution in [0.1, 0.15) is 76.5 Å². The van der Waals surface area contributed by atoms with Gasteiger partial charge in [-0.3, -0.25) is 61.5 Å². The maximum atomic E-state index is 14.4. The molecule has 4 unspecified atom stereocenters. The number of carbonyl (C=O) groups excluding carboxylic acids is 5. The third-order valence-electron chi connectivity index (χ3n) is 14.5. The number of hydrogen-bond donors (Lipinski definition) is 7. The predicted octanol–water partition coefficient (Wildman–Crippen LogP) is 2.65. The number of ketones is 2. The molecule has 3 fully saturated rings. The fourth-order valence-electron chi connectivity index (χ4n) is 10.1. The third-order valence-corrected chi connectivity index (χ3v) is 17.0. The molecular weight excluding hydrogens is 1130 g/mol. The maximum absolute atomic E-state index is 14.4. The Morgan fingerprint density at radius 2 is 1.39 bits per heavy atom. The summed E-state index contributed by atoms with van der Waals surface area (Å²) in [5, 5.41) is 17.1. The van der Waals surface area contributed by atoms with Crippen LogP contribution in [-0.4, -0.2) is 154 Å². The maximum Gasteiger partial charge on any atom is 0.407 e. The van der Waals surface area contributed by atoms with Gasteiger partial charge in [0.1, 0.15) is 49.0 Å². The number of allylic oxidation sites excluding steroid dienone is 1. The van der Waals surface area contributed by atoms with Crippen LogP contribution in [0.15, 0.2) is 70.9 Å². The van der Waals surface area contributed by atoms with Gasteiger partial charge in [0.15, 0.2) is 40.6 Å². The monoisotopic (exact) mass is 1190 g/mol. The highest BCUT2D eigenvalue weighted by Gasteiger charge is 2.54. The van der Waals surface area contributed by atoms with E-state index in [2.05, 4.69) is 47.1 Å². The number of anilines is 2. The zero-order valence-electron chi connectivity index (χ0n) is 45.9. The van der Waals surface area contributed by atoms with Crippen molar-refractivity contribution >= 4 is 78.9 Å². The molecule has 5 aromatic rings. The number of nitrogen functional groups attached to an aromatic ring is 2. The number of benzene rings is 1. The number of nitrogens with two attached hydrogens (primary N) is 2. The molecule has 4 aliphatic heterocycles. The largest absolute Gasteiger partial charge is 0.445 e. The average Bonchev–Trinajstić information content (AvgIpc) is 3.52. The summed E-state index contributed by atoms with van der Waals surface area (Å²) < 4.78 is 73.1. The van der Waals surface area contributed by atoms with Crippen LogP contribution in [-0.2, 0) is 73.6 Å². The number of unbranched alkanes of at least 4 members (excludes halogenated alkanes) is 2. The molecule has 0 radical (unpaired) electrons. The molecule has 12 atom stereocenters. The Hall–Kier alpha value is -7.27. The number of aliphatic hydroxyl groups excluding tert-OH is 1. The van der Waals surface area contributed by atoms with Gasteiger partial charge in [-0.1, -0.05) is 51.1 Å². The number of alkyl carbamates (subject to hydrolysis) is 1. The first-order valence-electron chi connectivity index (χ1n) is 26.6. The van der Waals surface area contributed by atoms with Crippen molar-refractivity contribution in [2.24, 2.45) is 11.8 Å². The van der Waals surface area contributed by atoms with Gasteiger partial charge in [-0.25, -0.2) is 14.8 Å². The highest BCUT2D eigenvalue weighted by Crippen LogP contribution is 2.54. The number of nitrogens with one attached hydrogen (secondary N) is 4.